The van der Waals surface area contributed by atoms with Gasteiger partial charge in [-0.3, -0.25) is 0 Å². The minimum absolute atomic E-state index is 0.370. The lowest BCUT2D eigenvalue weighted by Gasteiger charge is -2.26. The highest BCUT2D eigenvalue weighted by Crippen LogP contribution is 2.34. The number of anilines is 1. The van der Waals surface area contributed by atoms with Gasteiger partial charge in [0.1, 0.15) is 11.1 Å². The molecule has 0 aromatic carbocycles. The quantitative estimate of drug-likeness (QED) is 0.788. The number of nitrogen functional groups attached to an aromatic ring is 1. The van der Waals surface area contributed by atoms with Crippen molar-refractivity contribution in [2.75, 3.05) is 12.3 Å². The van der Waals surface area contributed by atoms with Crippen LogP contribution in [0, 0.1) is 11.3 Å². The van der Waals surface area contributed by atoms with E-state index in [2.05, 4.69) is 12.6 Å². The Morgan fingerprint density at radius 1 is 1.67 bits per heavy atom. The molecule has 1 amide bonds. The molecule has 0 radical (unpaired) electrons. The number of hydrogen-bond acceptors (Lipinski definition) is 5. The number of allylic oxidation sites excluding steroid dienone is 1. The van der Waals surface area contributed by atoms with Gasteiger partial charge < -0.3 is 15.4 Å². The molecule has 5 nitrogen and oxygen atoms in total. The van der Waals surface area contributed by atoms with Crippen LogP contribution in [0.4, 0.5) is 9.80 Å². The van der Waals surface area contributed by atoms with E-state index < -0.39 is 6.09 Å². The van der Waals surface area contributed by atoms with E-state index >= 15 is 0 Å². The predicted molar refractivity (Wildman–Crippen MR) is 68.9 cm³/mol. The highest BCUT2D eigenvalue weighted by atomic mass is 32.1. The zero-order valence-corrected chi connectivity index (χ0v) is 10.8. The van der Waals surface area contributed by atoms with Crippen LogP contribution in [0.5, 0.6) is 0 Å². The fraction of sp³-hybridized carbons (Fsp3) is 0.333. The molecular formula is C12H13N3O2S. The molecular weight excluding hydrogens is 250 g/mol. The second-order valence-corrected chi connectivity index (χ2v) is 5.23. The summed E-state index contributed by atoms with van der Waals surface area (Å²) in [5.41, 5.74) is 7.31. The lowest BCUT2D eigenvalue weighted by molar-refractivity contribution is 0.124. The van der Waals surface area contributed by atoms with Crippen molar-refractivity contribution in [1.82, 2.24) is 4.90 Å². The third-order valence-electron chi connectivity index (χ3n) is 2.72. The molecule has 2 N–H and O–H groups in total. The van der Waals surface area contributed by atoms with Gasteiger partial charge in [-0.1, -0.05) is 6.58 Å². The first-order valence-corrected chi connectivity index (χ1v) is 6.27. The van der Waals surface area contributed by atoms with Crippen LogP contribution in [0.1, 0.15) is 22.9 Å². The normalized spacial score (nSPS) is 13.7. The number of thiophene rings is 1. The molecule has 2 rings (SSSR count). The molecule has 0 fully saturated rings. The molecule has 1 aromatic rings. The number of ether oxygens (including phenoxy) is 1. The zero-order chi connectivity index (χ0) is 13.3. The van der Waals surface area contributed by atoms with E-state index in [4.69, 9.17) is 15.7 Å². The van der Waals surface area contributed by atoms with Crippen LogP contribution in [0.2, 0.25) is 0 Å². The van der Waals surface area contributed by atoms with E-state index in [-0.39, 0.29) is 0 Å². The Labute approximate surface area is 109 Å². The number of rotatable bonds is 1. The van der Waals surface area contributed by atoms with Gasteiger partial charge in [0.2, 0.25) is 0 Å². The summed E-state index contributed by atoms with van der Waals surface area (Å²) < 4.78 is 4.97. The van der Waals surface area contributed by atoms with Crippen molar-refractivity contribution in [3.63, 3.8) is 0 Å². The maximum absolute atomic E-state index is 11.7. The second kappa shape index (κ2) is 4.70. The van der Waals surface area contributed by atoms with Gasteiger partial charge in [-0.05, 0) is 18.9 Å². The number of carbonyl (C=O) groups is 1. The highest BCUT2D eigenvalue weighted by Gasteiger charge is 2.27. The number of fused-ring (bicyclic) bond motifs is 1. The van der Waals surface area contributed by atoms with Gasteiger partial charge in [0.05, 0.1) is 17.9 Å². The van der Waals surface area contributed by atoms with Crippen molar-refractivity contribution in [2.45, 2.75) is 19.9 Å². The van der Waals surface area contributed by atoms with E-state index in [0.717, 1.165) is 10.4 Å². The highest BCUT2D eigenvalue weighted by molar-refractivity contribution is 7.16. The van der Waals surface area contributed by atoms with Crippen LogP contribution in [-0.2, 0) is 17.7 Å². The molecule has 0 unspecified atom stereocenters. The van der Waals surface area contributed by atoms with Gasteiger partial charge >= 0.3 is 6.09 Å². The number of carbonyl (C=O) groups excluding carboxylic acids is 1. The Morgan fingerprint density at radius 2 is 2.39 bits per heavy atom. The van der Waals surface area contributed by atoms with Crippen LogP contribution in [0.15, 0.2) is 12.3 Å². The van der Waals surface area contributed by atoms with Crippen molar-refractivity contribution in [1.29, 1.82) is 5.26 Å². The van der Waals surface area contributed by atoms with E-state index in [0.29, 0.717) is 35.8 Å². The lowest BCUT2D eigenvalue weighted by Crippen LogP contribution is -2.35. The third kappa shape index (κ3) is 2.17. The summed E-state index contributed by atoms with van der Waals surface area (Å²) >= 11 is 1.36. The van der Waals surface area contributed by atoms with Crippen LogP contribution < -0.4 is 5.73 Å². The van der Waals surface area contributed by atoms with E-state index in [1.165, 1.54) is 11.3 Å². The number of amides is 1. The number of nitrogens with zero attached hydrogens (tertiary/aromatic N) is 2. The van der Waals surface area contributed by atoms with Crippen molar-refractivity contribution in [3.05, 3.63) is 28.3 Å². The van der Waals surface area contributed by atoms with Crippen LogP contribution in [-0.4, -0.2) is 17.5 Å². The standard InChI is InChI=1S/C12H13N3O2S/c1-7(2)17-12(16)15-4-3-8-9(5-13)11(14)18-10(8)6-15/h1,3-4,6,14H2,2H3. The summed E-state index contributed by atoms with van der Waals surface area (Å²) in [7, 11) is 0. The van der Waals surface area contributed by atoms with Crippen LogP contribution in [0.25, 0.3) is 0 Å². The Bertz CT molecular complexity index is 556. The number of hydrogen-bond donors (Lipinski definition) is 1. The first-order valence-electron chi connectivity index (χ1n) is 5.45. The Morgan fingerprint density at radius 3 is 3.00 bits per heavy atom. The monoisotopic (exact) mass is 263 g/mol. The Balaban J connectivity index is 2.19. The maximum atomic E-state index is 11.7. The molecule has 0 atom stereocenters. The van der Waals surface area contributed by atoms with Gasteiger partial charge in [0, 0.05) is 11.4 Å². The van der Waals surface area contributed by atoms with Gasteiger partial charge in [0.15, 0.2) is 0 Å². The average molecular weight is 263 g/mol. The lowest BCUT2D eigenvalue weighted by atomic mass is 10.0. The molecule has 94 valence electrons. The molecule has 0 bridgehead atoms. The van der Waals surface area contributed by atoms with Crippen molar-refractivity contribution in [2.24, 2.45) is 0 Å². The molecule has 1 aliphatic rings. The summed E-state index contributed by atoms with van der Waals surface area (Å²) in [4.78, 5) is 14.3. The van der Waals surface area contributed by atoms with Gasteiger partial charge in [-0.25, -0.2) is 4.79 Å². The minimum Gasteiger partial charge on any atom is -0.416 e. The summed E-state index contributed by atoms with van der Waals surface area (Å²) in [6.07, 6.45) is 0.232. The van der Waals surface area contributed by atoms with Crippen molar-refractivity contribution < 1.29 is 9.53 Å². The number of nitrogens with two attached hydrogens (primary N) is 1. The fourth-order valence-electron chi connectivity index (χ4n) is 1.92. The molecule has 0 saturated heterocycles. The van der Waals surface area contributed by atoms with Crippen LogP contribution >= 0.6 is 11.3 Å². The van der Waals surface area contributed by atoms with Gasteiger partial charge in [0.25, 0.3) is 0 Å². The molecule has 0 spiro atoms. The molecule has 18 heavy (non-hydrogen) atoms. The van der Waals surface area contributed by atoms with Gasteiger partial charge in [-0.15, -0.1) is 11.3 Å². The van der Waals surface area contributed by atoms with Gasteiger partial charge in [-0.2, -0.15) is 5.26 Å². The van der Waals surface area contributed by atoms with Crippen molar-refractivity contribution in [3.8, 4) is 6.07 Å². The first kappa shape index (κ1) is 12.5. The molecule has 1 aromatic heterocycles. The maximum Gasteiger partial charge on any atom is 0.415 e. The summed E-state index contributed by atoms with van der Waals surface area (Å²) in [5.74, 6) is 0.370. The summed E-state index contributed by atoms with van der Waals surface area (Å²) in [5, 5.41) is 9.54. The number of nitriles is 1. The Kier molecular flexibility index (Phi) is 3.26. The van der Waals surface area contributed by atoms with E-state index in [1.807, 2.05) is 0 Å². The minimum atomic E-state index is -0.404. The molecule has 1 aliphatic heterocycles. The third-order valence-corrected chi connectivity index (χ3v) is 3.76. The zero-order valence-electron chi connectivity index (χ0n) is 10.0. The Hall–Kier alpha value is -2.00. The molecule has 6 heteroatoms. The SMILES string of the molecule is C=C(C)OC(=O)N1CCc2c(sc(N)c2C#N)C1. The fourth-order valence-corrected chi connectivity index (χ4v) is 3.00. The summed E-state index contributed by atoms with van der Waals surface area (Å²) in [6.45, 7) is 6.14. The molecule has 0 saturated carbocycles. The molecule has 2 heterocycles. The van der Waals surface area contributed by atoms with Crippen LogP contribution in [0.3, 0.4) is 0 Å². The van der Waals surface area contributed by atoms with Crippen molar-refractivity contribution >= 4 is 22.4 Å². The first-order chi connectivity index (χ1) is 8.52. The molecule has 0 aliphatic carbocycles. The smallest absolute Gasteiger partial charge is 0.415 e. The average Bonchev–Trinajstić information content (AvgIpc) is 2.62. The second-order valence-electron chi connectivity index (χ2n) is 4.10. The van der Waals surface area contributed by atoms with E-state index in [1.54, 1.807) is 11.8 Å². The summed E-state index contributed by atoms with van der Waals surface area (Å²) in [6, 6.07) is 2.12. The topological polar surface area (TPSA) is 79.3 Å². The largest absolute Gasteiger partial charge is 0.416 e. The van der Waals surface area contributed by atoms with E-state index in [9.17, 15) is 4.79 Å². The predicted octanol–water partition coefficient (Wildman–Crippen LogP) is 2.23.